The summed E-state index contributed by atoms with van der Waals surface area (Å²) in [4.78, 5) is 2.36. The molecule has 0 amide bonds. The molecule has 1 fully saturated rings. The molecule has 0 aromatic heterocycles. The fraction of sp³-hybridized carbons (Fsp3) is 0.875. The van der Waals surface area contributed by atoms with Crippen molar-refractivity contribution in [3.8, 4) is 6.07 Å². The van der Waals surface area contributed by atoms with Gasteiger partial charge in [0.25, 0.3) is 0 Å². The minimum Gasteiger partial charge on any atom is -0.300 e. The third-order valence-corrected chi connectivity index (χ3v) is 2.46. The molecular formula is C8H14N2. The molecular weight excluding hydrogens is 124 g/mol. The SMILES string of the molecule is CCN1CCC(C#N)C1C. The van der Waals surface area contributed by atoms with Crippen LogP contribution in [0.5, 0.6) is 0 Å². The Morgan fingerprint density at radius 3 is 2.70 bits per heavy atom. The summed E-state index contributed by atoms with van der Waals surface area (Å²) in [5.41, 5.74) is 0. The van der Waals surface area contributed by atoms with Crippen molar-refractivity contribution in [2.45, 2.75) is 26.3 Å². The molecule has 0 radical (unpaired) electrons. The number of hydrogen-bond donors (Lipinski definition) is 0. The summed E-state index contributed by atoms with van der Waals surface area (Å²) < 4.78 is 0. The van der Waals surface area contributed by atoms with Gasteiger partial charge >= 0.3 is 0 Å². The maximum atomic E-state index is 8.67. The van der Waals surface area contributed by atoms with Gasteiger partial charge in [0.2, 0.25) is 0 Å². The van der Waals surface area contributed by atoms with Crippen molar-refractivity contribution in [1.29, 1.82) is 5.26 Å². The molecule has 2 atom stereocenters. The lowest BCUT2D eigenvalue weighted by Gasteiger charge is -2.19. The van der Waals surface area contributed by atoms with E-state index < -0.39 is 0 Å². The number of hydrogen-bond acceptors (Lipinski definition) is 2. The van der Waals surface area contributed by atoms with Crippen LogP contribution in [-0.4, -0.2) is 24.0 Å². The highest BCUT2D eigenvalue weighted by molar-refractivity contribution is 4.96. The molecule has 1 saturated heterocycles. The summed E-state index contributed by atoms with van der Waals surface area (Å²) in [6, 6.07) is 2.82. The molecule has 0 aliphatic carbocycles. The van der Waals surface area contributed by atoms with E-state index in [0.29, 0.717) is 6.04 Å². The van der Waals surface area contributed by atoms with Gasteiger partial charge in [-0.3, -0.25) is 4.90 Å². The van der Waals surface area contributed by atoms with Gasteiger partial charge in [0.15, 0.2) is 0 Å². The van der Waals surface area contributed by atoms with Crippen LogP contribution in [0.3, 0.4) is 0 Å². The molecule has 1 heterocycles. The second-order valence-electron chi connectivity index (χ2n) is 2.89. The second-order valence-corrected chi connectivity index (χ2v) is 2.89. The van der Waals surface area contributed by atoms with Crippen LogP contribution in [0.4, 0.5) is 0 Å². The smallest absolute Gasteiger partial charge is 0.0672 e. The van der Waals surface area contributed by atoms with E-state index in [-0.39, 0.29) is 5.92 Å². The first-order valence-electron chi connectivity index (χ1n) is 3.93. The zero-order chi connectivity index (χ0) is 7.56. The fourth-order valence-corrected chi connectivity index (χ4v) is 1.62. The molecule has 2 nitrogen and oxygen atoms in total. The maximum absolute atomic E-state index is 8.67. The van der Waals surface area contributed by atoms with Gasteiger partial charge in [-0.2, -0.15) is 5.26 Å². The third-order valence-electron chi connectivity index (χ3n) is 2.46. The quantitative estimate of drug-likeness (QED) is 0.545. The van der Waals surface area contributed by atoms with E-state index >= 15 is 0 Å². The molecule has 0 spiro atoms. The standard InChI is InChI=1S/C8H14N2/c1-3-10-5-4-8(6-9)7(10)2/h7-8H,3-5H2,1-2H3. The van der Waals surface area contributed by atoms with Crippen molar-refractivity contribution in [2.75, 3.05) is 13.1 Å². The first kappa shape index (κ1) is 7.56. The molecule has 1 rings (SSSR count). The molecule has 2 heteroatoms. The van der Waals surface area contributed by atoms with Crippen molar-refractivity contribution < 1.29 is 0 Å². The first-order chi connectivity index (χ1) is 4.79. The Balaban J connectivity index is 2.51. The van der Waals surface area contributed by atoms with Gasteiger partial charge in [-0.15, -0.1) is 0 Å². The fourth-order valence-electron chi connectivity index (χ4n) is 1.62. The van der Waals surface area contributed by atoms with Crippen LogP contribution < -0.4 is 0 Å². The molecule has 56 valence electrons. The summed E-state index contributed by atoms with van der Waals surface area (Å²) in [7, 11) is 0. The van der Waals surface area contributed by atoms with Gasteiger partial charge in [0, 0.05) is 6.04 Å². The van der Waals surface area contributed by atoms with Crippen LogP contribution in [0.1, 0.15) is 20.3 Å². The summed E-state index contributed by atoms with van der Waals surface area (Å²) in [6.45, 7) is 6.48. The van der Waals surface area contributed by atoms with Crippen LogP contribution in [0, 0.1) is 17.2 Å². The van der Waals surface area contributed by atoms with Crippen LogP contribution in [-0.2, 0) is 0 Å². The van der Waals surface area contributed by atoms with E-state index in [2.05, 4.69) is 24.8 Å². The van der Waals surface area contributed by atoms with Gasteiger partial charge in [-0.1, -0.05) is 6.92 Å². The van der Waals surface area contributed by atoms with E-state index in [0.717, 1.165) is 19.5 Å². The van der Waals surface area contributed by atoms with Gasteiger partial charge < -0.3 is 0 Å². The molecule has 0 N–H and O–H groups in total. The molecule has 0 aromatic rings. The molecule has 1 aliphatic heterocycles. The zero-order valence-corrected chi connectivity index (χ0v) is 6.67. The largest absolute Gasteiger partial charge is 0.300 e. The Kier molecular flexibility index (Phi) is 2.29. The topological polar surface area (TPSA) is 27.0 Å². The summed E-state index contributed by atoms with van der Waals surface area (Å²) in [6.07, 6.45) is 1.06. The van der Waals surface area contributed by atoms with Crippen LogP contribution in [0.15, 0.2) is 0 Å². The summed E-state index contributed by atoms with van der Waals surface area (Å²) in [5.74, 6) is 0.278. The molecule has 2 unspecified atom stereocenters. The van der Waals surface area contributed by atoms with Crippen LogP contribution in [0.25, 0.3) is 0 Å². The number of likely N-dealkylation sites (tertiary alicyclic amines) is 1. The highest BCUT2D eigenvalue weighted by Gasteiger charge is 2.28. The Morgan fingerprint density at radius 1 is 1.70 bits per heavy atom. The third kappa shape index (κ3) is 1.15. The lowest BCUT2D eigenvalue weighted by molar-refractivity contribution is 0.270. The van der Waals surface area contributed by atoms with E-state index in [9.17, 15) is 0 Å². The monoisotopic (exact) mass is 138 g/mol. The van der Waals surface area contributed by atoms with Crippen molar-refractivity contribution in [3.05, 3.63) is 0 Å². The zero-order valence-electron chi connectivity index (χ0n) is 6.67. The second kappa shape index (κ2) is 3.03. The molecule has 0 bridgehead atoms. The molecule has 10 heavy (non-hydrogen) atoms. The Labute approximate surface area is 62.4 Å². The van der Waals surface area contributed by atoms with Gasteiger partial charge in [0.05, 0.1) is 12.0 Å². The molecule has 0 saturated carbocycles. The first-order valence-corrected chi connectivity index (χ1v) is 3.93. The van der Waals surface area contributed by atoms with Gasteiger partial charge in [-0.25, -0.2) is 0 Å². The number of nitrogens with zero attached hydrogens (tertiary/aromatic N) is 2. The maximum Gasteiger partial charge on any atom is 0.0672 e. The van der Waals surface area contributed by atoms with E-state index in [1.807, 2.05) is 0 Å². The average Bonchev–Trinajstić information content (AvgIpc) is 2.30. The minimum atomic E-state index is 0.278. The van der Waals surface area contributed by atoms with E-state index in [1.165, 1.54) is 0 Å². The van der Waals surface area contributed by atoms with Crippen LogP contribution >= 0.6 is 0 Å². The van der Waals surface area contributed by atoms with Crippen molar-refractivity contribution in [1.82, 2.24) is 4.90 Å². The van der Waals surface area contributed by atoms with E-state index in [1.54, 1.807) is 0 Å². The summed E-state index contributed by atoms with van der Waals surface area (Å²) in [5, 5.41) is 8.67. The Hall–Kier alpha value is -0.550. The molecule has 0 aromatic carbocycles. The lowest BCUT2D eigenvalue weighted by Crippen LogP contribution is -2.29. The van der Waals surface area contributed by atoms with Gasteiger partial charge in [0.1, 0.15) is 0 Å². The van der Waals surface area contributed by atoms with Crippen molar-refractivity contribution in [2.24, 2.45) is 5.92 Å². The predicted molar refractivity (Wildman–Crippen MR) is 40.4 cm³/mol. The van der Waals surface area contributed by atoms with Crippen molar-refractivity contribution in [3.63, 3.8) is 0 Å². The van der Waals surface area contributed by atoms with Gasteiger partial charge in [-0.05, 0) is 26.4 Å². The van der Waals surface area contributed by atoms with Crippen molar-refractivity contribution >= 4 is 0 Å². The van der Waals surface area contributed by atoms with Crippen LogP contribution in [0.2, 0.25) is 0 Å². The number of rotatable bonds is 1. The molecule has 1 aliphatic rings. The Bertz CT molecular complexity index is 148. The van der Waals surface area contributed by atoms with E-state index in [4.69, 9.17) is 5.26 Å². The number of nitriles is 1. The lowest BCUT2D eigenvalue weighted by atomic mass is 10.0. The predicted octanol–water partition coefficient (Wildman–Crippen LogP) is 1.24. The Morgan fingerprint density at radius 2 is 2.40 bits per heavy atom. The normalized spacial score (nSPS) is 34.1. The highest BCUT2D eigenvalue weighted by Crippen LogP contribution is 2.22. The highest BCUT2D eigenvalue weighted by atomic mass is 15.2. The minimum absolute atomic E-state index is 0.278. The summed E-state index contributed by atoms with van der Waals surface area (Å²) >= 11 is 0. The average molecular weight is 138 g/mol.